The van der Waals surface area contributed by atoms with Crippen LogP contribution in [0, 0.1) is 0 Å². The van der Waals surface area contributed by atoms with Gasteiger partial charge in [-0.05, 0) is 24.6 Å². The number of hydrogen-bond acceptors (Lipinski definition) is 2. The van der Waals surface area contributed by atoms with Gasteiger partial charge >= 0.3 is 0 Å². The molecule has 1 unspecified atom stereocenters. The summed E-state index contributed by atoms with van der Waals surface area (Å²) in [6.45, 7) is 6.14. The largest absolute Gasteiger partial charge is 0.235 e. The van der Waals surface area contributed by atoms with Gasteiger partial charge in [-0.1, -0.05) is 53.8 Å². The Labute approximate surface area is 118 Å². The molecule has 0 aliphatic carbocycles. The van der Waals surface area contributed by atoms with Crippen LogP contribution in [0.4, 0.5) is 0 Å². The number of allylic oxidation sites excluding steroid dienone is 1. The lowest BCUT2D eigenvalue weighted by Gasteiger charge is -2.26. The van der Waals surface area contributed by atoms with Crippen molar-refractivity contribution in [2.24, 2.45) is 0 Å². The SMILES string of the molecule is C=CC(C)(Cc1ccccc1)n1nnc2ccccc21. The Morgan fingerprint density at radius 1 is 1.10 bits per heavy atom. The van der Waals surface area contributed by atoms with Crippen molar-refractivity contribution in [1.29, 1.82) is 0 Å². The minimum absolute atomic E-state index is 0.294. The van der Waals surface area contributed by atoms with Crippen LogP contribution in [0.2, 0.25) is 0 Å². The molecule has 20 heavy (non-hydrogen) atoms. The molecule has 2 aromatic carbocycles. The molecule has 0 spiro atoms. The number of nitrogens with zero attached hydrogens (tertiary/aromatic N) is 3. The van der Waals surface area contributed by atoms with Crippen molar-refractivity contribution >= 4 is 11.0 Å². The molecular formula is C17H17N3. The van der Waals surface area contributed by atoms with Crippen molar-refractivity contribution in [3.63, 3.8) is 0 Å². The molecule has 3 nitrogen and oxygen atoms in total. The van der Waals surface area contributed by atoms with E-state index in [1.165, 1.54) is 5.56 Å². The van der Waals surface area contributed by atoms with Gasteiger partial charge in [-0.3, -0.25) is 0 Å². The van der Waals surface area contributed by atoms with Gasteiger partial charge in [-0.2, -0.15) is 0 Å². The van der Waals surface area contributed by atoms with Gasteiger partial charge in [0.05, 0.1) is 11.1 Å². The number of rotatable bonds is 4. The molecular weight excluding hydrogens is 246 g/mol. The van der Waals surface area contributed by atoms with Crippen LogP contribution in [0.1, 0.15) is 12.5 Å². The summed E-state index contributed by atoms with van der Waals surface area (Å²) in [5, 5.41) is 8.57. The lowest BCUT2D eigenvalue weighted by Crippen LogP contribution is -2.31. The molecule has 3 heteroatoms. The average molecular weight is 263 g/mol. The van der Waals surface area contributed by atoms with E-state index in [1.807, 2.05) is 41.1 Å². The molecule has 0 bridgehead atoms. The van der Waals surface area contributed by atoms with E-state index in [0.29, 0.717) is 0 Å². The van der Waals surface area contributed by atoms with Crippen molar-refractivity contribution in [3.8, 4) is 0 Å². The molecule has 0 fully saturated rings. The second-order valence-corrected chi connectivity index (χ2v) is 5.21. The molecule has 0 N–H and O–H groups in total. The minimum Gasteiger partial charge on any atom is -0.235 e. The minimum atomic E-state index is -0.294. The summed E-state index contributed by atoms with van der Waals surface area (Å²) in [6.07, 6.45) is 2.78. The second kappa shape index (κ2) is 4.93. The van der Waals surface area contributed by atoms with Crippen molar-refractivity contribution in [3.05, 3.63) is 72.8 Å². The van der Waals surface area contributed by atoms with Crippen molar-refractivity contribution < 1.29 is 0 Å². The Kier molecular flexibility index (Phi) is 3.11. The Morgan fingerprint density at radius 2 is 1.80 bits per heavy atom. The van der Waals surface area contributed by atoms with Gasteiger partial charge in [0.15, 0.2) is 0 Å². The Balaban J connectivity index is 2.06. The van der Waals surface area contributed by atoms with Crippen molar-refractivity contribution in [2.45, 2.75) is 18.9 Å². The Bertz CT molecular complexity index is 730. The molecule has 0 amide bonds. The summed E-state index contributed by atoms with van der Waals surface area (Å²) < 4.78 is 1.96. The van der Waals surface area contributed by atoms with Crippen LogP contribution in [-0.4, -0.2) is 15.0 Å². The molecule has 3 rings (SSSR count). The van der Waals surface area contributed by atoms with E-state index in [0.717, 1.165) is 17.5 Å². The molecule has 0 saturated carbocycles. The van der Waals surface area contributed by atoms with E-state index in [9.17, 15) is 0 Å². The van der Waals surface area contributed by atoms with Crippen LogP contribution >= 0.6 is 0 Å². The molecule has 0 radical (unpaired) electrons. The summed E-state index contributed by atoms with van der Waals surface area (Å²) in [5.74, 6) is 0. The standard InChI is InChI=1S/C17H17N3/c1-3-17(2,13-14-9-5-4-6-10-14)20-16-12-8-7-11-15(16)18-19-20/h3-12H,1,13H2,2H3. The normalized spacial score (nSPS) is 14.1. The summed E-state index contributed by atoms with van der Waals surface area (Å²) in [6, 6.07) is 18.4. The van der Waals surface area contributed by atoms with E-state index >= 15 is 0 Å². The smallest absolute Gasteiger partial charge is 0.113 e. The predicted molar refractivity (Wildman–Crippen MR) is 81.5 cm³/mol. The third-order valence-corrected chi connectivity index (χ3v) is 3.68. The molecule has 1 atom stereocenters. The maximum atomic E-state index is 4.33. The van der Waals surface area contributed by atoms with E-state index in [4.69, 9.17) is 0 Å². The first-order valence-electron chi connectivity index (χ1n) is 6.71. The molecule has 100 valence electrons. The first-order valence-corrected chi connectivity index (χ1v) is 6.71. The van der Waals surface area contributed by atoms with E-state index in [2.05, 4.69) is 48.1 Å². The number of fused-ring (bicyclic) bond motifs is 1. The van der Waals surface area contributed by atoms with Gasteiger partial charge in [0, 0.05) is 6.42 Å². The molecule has 0 aliphatic heterocycles. The average Bonchev–Trinajstić information content (AvgIpc) is 2.93. The maximum Gasteiger partial charge on any atom is 0.113 e. The molecule has 0 saturated heterocycles. The fourth-order valence-electron chi connectivity index (χ4n) is 2.49. The fourth-order valence-corrected chi connectivity index (χ4v) is 2.49. The van der Waals surface area contributed by atoms with Crippen LogP contribution in [-0.2, 0) is 12.0 Å². The number of aromatic nitrogens is 3. The van der Waals surface area contributed by atoms with Gasteiger partial charge in [0.2, 0.25) is 0 Å². The van der Waals surface area contributed by atoms with Crippen LogP contribution in [0.25, 0.3) is 11.0 Å². The van der Waals surface area contributed by atoms with Gasteiger partial charge < -0.3 is 0 Å². The zero-order valence-electron chi connectivity index (χ0n) is 11.5. The second-order valence-electron chi connectivity index (χ2n) is 5.21. The highest BCUT2D eigenvalue weighted by atomic mass is 15.4. The summed E-state index contributed by atoms with van der Waals surface area (Å²) in [7, 11) is 0. The lowest BCUT2D eigenvalue weighted by molar-refractivity contribution is 0.369. The first-order chi connectivity index (χ1) is 9.73. The highest BCUT2D eigenvalue weighted by molar-refractivity contribution is 5.74. The predicted octanol–water partition coefficient (Wildman–Crippen LogP) is 3.58. The van der Waals surface area contributed by atoms with Crippen LogP contribution in [0.3, 0.4) is 0 Å². The first kappa shape index (κ1) is 12.6. The van der Waals surface area contributed by atoms with Gasteiger partial charge in [-0.25, -0.2) is 4.68 Å². The molecule has 1 heterocycles. The van der Waals surface area contributed by atoms with E-state index in [-0.39, 0.29) is 5.54 Å². The van der Waals surface area contributed by atoms with Crippen LogP contribution < -0.4 is 0 Å². The maximum absolute atomic E-state index is 4.33. The van der Waals surface area contributed by atoms with Gasteiger partial charge in [-0.15, -0.1) is 11.7 Å². The number of hydrogen-bond donors (Lipinski definition) is 0. The third kappa shape index (κ3) is 2.11. The van der Waals surface area contributed by atoms with E-state index < -0.39 is 0 Å². The van der Waals surface area contributed by atoms with Crippen molar-refractivity contribution in [2.75, 3.05) is 0 Å². The van der Waals surface area contributed by atoms with Crippen molar-refractivity contribution in [1.82, 2.24) is 15.0 Å². The summed E-state index contributed by atoms with van der Waals surface area (Å²) in [5.41, 5.74) is 2.91. The van der Waals surface area contributed by atoms with Gasteiger partial charge in [0.25, 0.3) is 0 Å². The highest BCUT2D eigenvalue weighted by Crippen LogP contribution is 2.26. The van der Waals surface area contributed by atoms with E-state index in [1.54, 1.807) is 0 Å². The lowest BCUT2D eigenvalue weighted by atomic mass is 9.93. The quantitative estimate of drug-likeness (QED) is 0.674. The Morgan fingerprint density at radius 3 is 2.55 bits per heavy atom. The number of para-hydroxylation sites is 1. The Hall–Kier alpha value is -2.42. The summed E-state index contributed by atoms with van der Waals surface area (Å²) in [4.78, 5) is 0. The molecule has 3 aromatic rings. The number of benzene rings is 2. The molecule has 1 aromatic heterocycles. The molecule has 0 aliphatic rings. The summed E-state index contributed by atoms with van der Waals surface area (Å²) >= 11 is 0. The van der Waals surface area contributed by atoms with Crippen LogP contribution in [0.15, 0.2) is 67.3 Å². The zero-order valence-corrected chi connectivity index (χ0v) is 11.5. The monoisotopic (exact) mass is 263 g/mol. The highest BCUT2D eigenvalue weighted by Gasteiger charge is 2.26. The third-order valence-electron chi connectivity index (χ3n) is 3.68. The topological polar surface area (TPSA) is 30.7 Å². The van der Waals surface area contributed by atoms with Gasteiger partial charge in [0.1, 0.15) is 5.52 Å². The fraction of sp³-hybridized carbons (Fsp3) is 0.176. The zero-order chi connectivity index (χ0) is 14.0. The van der Waals surface area contributed by atoms with Crippen LogP contribution in [0.5, 0.6) is 0 Å².